The monoisotopic (exact) mass is 326 g/mol. The van der Waals surface area contributed by atoms with E-state index in [9.17, 15) is 13.2 Å². The van der Waals surface area contributed by atoms with Crippen molar-refractivity contribution < 1.29 is 17.9 Å². The van der Waals surface area contributed by atoms with Crippen LogP contribution < -0.4 is 4.72 Å². The van der Waals surface area contributed by atoms with Gasteiger partial charge < -0.3 is 4.74 Å². The van der Waals surface area contributed by atoms with Crippen molar-refractivity contribution >= 4 is 33.3 Å². The number of hydrogen-bond donors (Lipinski definition) is 1. The van der Waals surface area contributed by atoms with Gasteiger partial charge >= 0.3 is 5.97 Å². The number of benzene rings is 1. The molecule has 0 spiro atoms. The molecular formula is C13H11ClN2O4S. The Labute approximate surface area is 126 Å². The highest BCUT2D eigenvalue weighted by Crippen LogP contribution is 2.23. The Bertz CT molecular complexity index is 777. The van der Waals surface area contributed by atoms with E-state index in [4.69, 9.17) is 11.6 Å². The lowest BCUT2D eigenvalue weighted by molar-refractivity contribution is 0.0602. The van der Waals surface area contributed by atoms with Crippen molar-refractivity contribution in [2.75, 3.05) is 11.8 Å². The molecule has 0 radical (unpaired) electrons. The smallest absolute Gasteiger partial charge is 0.339 e. The molecule has 2 aromatic rings. The number of esters is 1. The molecule has 0 atom stereocenters. The van der Waals surface area contributed by atoms with Gasteiger partial charge in [0, 0.05) is 6.20 Å². The molecule has 0 aliphatic rings. The normalized spacial score (nSPS) is 11.0. The first-order chi connectivity index (χ1) is 9.95. The summed E-state index contributed by atoms with van der Waals surface area (Å²) in [5.74, 6) is -0.648. The fraction of sp³-hybridized carbons (Fsp3) is 0.0769. The number of hydrogen-bond acceptors (Lipinski definition) is 5. The van der Waals surface area contributed by atoms with Crippen molar-refractivity contribution in [3.05, 3.63) is 53.3 Å². The van der Waals surface area contributed by atoms with Crippen LogP contribution in [0.25, 0.3) is 0 Å². The number of rotatable bonds is 4. The summed E-state index contributed by atoms with van der Waals surface area (Å²) in [6, 6.07) is 8.87. The molecule has 6 nitrogen and oxygen atoms in total. The van der Waals surface area contributed by atoms with Gasteiger partial charge in [-0.15, -0.1) is 0 Å². The number of carbonyl (C=O) groups is 1. The van der Waals surface area contributed by atoms with Crippen LogP contribution in [0.4, 0.5) is 5.69 Å². The van der Waals surface area contributed by atoms with Crippen molar-refractivity contribution in [1.29, 1.82) is 0 Å². The summed E-state index contributed by atoms with van der Waals surface area (Å²) in [6.45, 7) is 0. The highest BCUT2D eigenvalue weighted by atomic mass is 35.5. The molecule has 21 heavy (non-hydrogen) atoms. The minimum atomic E-state index is -3.96. The predicted octanol–water partition coefficient (Wildman–Crippen LogP) is 2.32. The number of para-hydroxylation sites is 1. The fourth-order valence-electron chi connectivity index (χ4n) is 1.63. The lowest BCUT2D eigenvalue weighted by Crippen LogP contribution is -2.16. The molecule has 0 saturated carbocycles. The van der Waals surface area contributed by atoms with Crippen molar-refractivity contribution in [1.82, 2.24) is 4.98 Å². The van der Waals surface area contributed by atoms with Gasteiger partial charge in [0.05, 0.1) is 18.4 Å². The number of anilines is 1. The van der Waals surface area contributed by atoms with E-state index in [1.54, 1.807) is 12.1 Å². The van der Waals surface area contributed by atoms with E-state index in [0.717, 1.165) is 0 Å². The third-order valence-corrected chi connectivity index (χ3v) is 4.40. The number of nitrogens with zero attached hydrogens (tertiary/aromatic N) is 1. The van der Waals surface area contributed by atoms with Gasteiger partial charge in [-0.05, 0) is 24.3 Å². The van der Waals surface area contributed by atoms with E-state index in [1.807, 2.05) is 0 Å². The number of aromatic nitrogens is 1. The molecule has 0 fully saturated rings. The molecule has 1 aromatic heterocycles. The SMILES string of the molecule is COC(=O)c1ccccc1NS(=O)(=O)c1cccnc1Cl. The number of sulfonamides is 1. The topological polar surface area (TPSA) is 85.4 Å². The highest BCUT2D eigenvalue weighted by Gasteiger charge is 2.21. The first-order valence-corrected chi connectivity index (χ1v) is 7.62. The van der Waals surface area contributed by atoms with Crippen molar-refractivity contribution in [3.63, 3.8) is 0 Å². The third kappa shape index (κ3) is 3.32. The number of halogens is 1. The molecule has 1 heterocycles. The second-order valence-electron chi connectivity index (χ2n) is 3.94. The van der Waals surface area contributed by atoms with Crippen LogP contribution in [0.3, 0.4) is 0 Å². The van der Waals surface area contributed by atoms with Gasteiger partial charge in [0.1, 0.15) is 10.0 Å². The molecule has 0 saturated heterocycles. The Morgan fingerprint density at radius 2 is 1.95 bits per heavy atom. The Kier molecular flexibility index (Phi) is 4.44. The van der Waals surface area contributed by atoms with Crippen LogP contribution in [0.2, 0.25) is 5.15 Å². The number of pyridine rings is 1. The number of carbonyl (C=O) groups excluding carboxylic acids is 1. The van der Waals surface area contributed by atoms with Crippen molar-refractivity contribution in [3.8, 4) is 0 Å². The summed E-state index contributed by atoms with van der Waals surface area (Å²) in [6.07, 6.45) is 1.38. The predicted molar refractivity (Wildman–Crippen MR) is 77.8 cm³/mol. The third-order valence-electron chi connectivity index (χ3n) is 2.59. The average molecular weight is 327 g/mol. The summed E-state index contributed by atoms with van der Waals surface area (Å²) < 4.78 is 31.5. The zero-order valence-electron chi connectivity index (χ0n) is 10.9. The Morgan fingerprint density at radius 3 is 2.62 bits per heavy atom. The molecule has 0 aliphatic carbocycles. The molecule has 1 N–H and O–H groups in total. The van der Waals surface area contributed by atoms with E-state index in [-0.39, 0.29) is 21.3 Å². The van der Waals surface area contributed by atoms with E-state index in [1.165, 1.54) is 37.6 Å². The number of methoxy groups -OCH3 is 1. The minimum absolute atomic E-state index is 0.101. The zero-order chi connectivity index (χ0) is 15.5. The maximum absolute atomic E-state index is 12.3. The van der Waals surface area contributed by atoms with E-state index >= 15 is 0 Å². The van der Waals surface area contributed by atoms with Crippen molar-refractivity contribution in [2.45, 2.75) is 4.90 Å². The quantitative estimate of drug-likeness (QED) is 0.688. The molecule has 0 bridgehead atoms. The van der Waals surface area contributed by atoms with Crippen LogP contribution in [-0.4, -0.2) is 26.5 Å². The first-order valence-electron chi connectivity index (χ1n) is 5.76. The van der Waals surface area contributed by atoms with Gasteiger partial charge in [-0.2, -0.15) is 0 Å². The van der Waals surface area contributed by atoms with E-state index in [2.05, 4.69) is 14.4 Å². The zero-order valence-corrected chi connectivity index (χ0v) is 12.5. The number of nitrogens with one attached hydrogen (secondary N) is 1. The second kappa shape index (κ2) is 6.11. The molecule has 2 rings (SSSR count). The van der Waals surface area contributed by atoms with Crippen LogP contribution in [0.15, 0.2) is 47.5 Å². The van der Waals surface area contributed by atoms with Gasteiger partial charge in [-0.3, -0.25) is 4.72 Å². The van der Waals surface area contributed by atoms with Gasteiger partial charge in [0.2, 0.25) is 0 Å². The fourth-order valence-corrected chi connectivity index (χ4v) is 3.17. The molecule has 0 amide bonds. The molecule has 110 valence electrons. The average Bonchev–Trinajstić information content (AvgIpc) is 2.47. The van der Waals surface area contributed by atoms with E-state index in [0.29, 0.717) is 0 Å². The Balaban J connectivity index is 2.43. The largest absolute Gasteiger partial charge is 0.465 e. The summed E-state index contributed by atoms with van der Waals surface area (Å²) in [5, 5.41) is -0.152. The summed E-state index contributed by atoms with van der Waals surface area (Å²) >= 11 is 5.78. The lowest BCUT2D eigenvalue weighted by Gasteiger charge is -2.11. The lowest BCUT2D eigenvalue weighted by atomic mass is 10.2. The molecule has 8 heteroatoms. The maximum Gasteiger partial charge on any atom is 0.339 e. The highest BCUT2D eigenvalue weighted by molar-refractivity contribution is 7.92. The van der Waals surface area contributed by atoms with E-state index < -0.39 is 16.0 Å². The number of ether oxygens (including phenoxy) is 1. The minimum Gasteiger partial charge on any atom is -0.465 e. The molecule has 1 aromatic carbocycles. The van der Waals surface area contributed by atoms with Gasteiger partial charge in [0.25, 0.3) is 10.0 Å². The van der Waals surface area contributed by atoms with Crippen LogP contribution in [0, 0.1) is 0 Å². The Morgan fingerprint density at radius 1 is 1.24 bits per heavy atom. The van der Waals surface area contributed by atoms with Crippen molar-refractivity contribution in [2.24, 2.45) is 0 Å². The molecule has 0 aliphatic heterocycles. The summed E-state index contributed by atoms with van der Waals surface area (Å²) in [5.41, 5.74) is 0.202. The van der Waals surface area contributed by atoms with Crippen LogP contribution in [-0.2, 0) is 14.8 Å². The van der Waals surface area contributed by atoms with Gasteiger partial charge in [0.15, 0.2) is 0 Å². The summed E-state index contributed by atoms with van der Waals surface area (Å²) in [7, 11) is -2.75. The molecular weight excluding hydrogens is 316 g/mol. The van der Waals surface area contributed by atoms with Crippen LogP contribution in [0.1, 0.15) is 10.4 Å². The van der Waals surface area contributed by atoms with Crippen LogP contribution >= 0.6 is 11.6 Å². The maximum atomic E-state index is 12.3. The standard InChI is InChI=1S/C13H11ClN2O4S/c1-20-13(17)9-5-2-3-6-10(9)16-21(18,19)11-7-4-8-15-12(11)14/h2-8,16H,1H3. The second-order valence-corrected chi connectivity index (χ2v) is 5.94. The van der Waals surface area contributed by atoms with Gasteiger partial charge in [-0.1, -0.05) is 23.7 Å². The Hall–Kier alpha value is -2.12. The molecule has 0 unspecified atom stereocenters. The first kappa shape index (κ1) is 15.3. The summed E-state index contributed by atoms with van der Waals surface area (Å²) in [4.78, 5) is 15.2. The van der Waals surface area contributed by atoms with Crippen LogP contribution in [0.5, 0.6) is 0 Å². The van der Waals surface area contributed by atoms with Gasteiger partial charge in [-0.25, -0.2) is 18.2 Å².